The molecule has 1 aliphatic heterocycles. The summed E-state index contributed by atoms with van der Waals surface area (Å²) in [6.45, 7) is 6.17. The summed E-state index contributed by atoms with van der Waals surface area (Å²) < 4.78 is 0. The highest BCUT2D eigenvalue weighted by Gasteiger charge is 2.16. The van der Waals surface area contributed by atoms with Crippen LogP contribution in [0.4, 0.5) is 5.82 Å². The fourth-order valence-electron chi connectivity index (χ4n) is 2.84. The zero-order valence-electron chi connectivity index (χ0n) is 12.4. The standard InChI is InChI=1S/C16H23N5/c17-7-3-8-20-9-4-10-21(12-11-20)16-13-18-14-5-1-2-6-15(14)19-16/h1-2,5-6,13H,3-4,7-12,17H2. The lowest BCUT2D eigenvalue weighted by molar-refractivity contribution is 0.291. The summed E-state index contributed by atoms with van der Waals surface area (Å²) in [6, 6.07) is 8.04. The smallest absolute Gasteiger partial charge is 0.147 e. The average Bonchev–Trinajstić information content (AvgIpc) is 2.78. The van der Waals surface area contributed by atoms with E-state index in [-0.39, 0.29) is 0 Å². The van der Waals surface area contributed by atoms with Crippen LogP contribution in [-0.2, 0) is 0 Å². The highest BCUT2D eigenvalue weighted by molar-refractivity contribution is 5.75. The summed E-state index contributed by atoms with van der Waals surface area (Å²) in [4.78, 5) is 14.1. The van der Waals surface area contributed by atoms with Crippen molar-refractivity contribution in [1.29, 1.82) is 0 Å². The van der Waals surface area contributed by atoms with E-state index in [9.17, 15) is 0 Å². The first-order chi connectivity index (χ1) is 10.4. The molecule has 0 atom stereocenters. The van der Waals surface area contributed by atoms with Crippen LogP contribution in [0.25, 0.3) is 11.0 Å². The van der Waals surface area contributed by atoms with E-state index in [1.165, 1.54) is 6.42 Å². The van der Waals surface area contributed by atoms with E-state index in [1.54, 1.807) is 0 Å². The molecule has 5 heteroatoms. The fourth-order valence-corrected chi connectivity index (χ4v) is 2.84. The van der Waals surface area contributed by atoms with Gasteiger partial charge in [-0.15, -0.1) is 0 Å². The Balaban J connectivity index is 1.70. The first-order valence-electron chi connectivity index (χ1n) is 7.76. The molecular weight excluding hydrogens is 262 g/mol. The number of fused-ring (bicyclic) bond motifs is 1. The SMILES string of the molecule is NCCCN1CCCN(c2cnc3ccccc3n2)CC1. The van der Waals surface area contributed by atoms with E-state index < -0.39 is 0 Å². The molecule has 0 bridgehead atoms. The van der Waals surface area contributed by atoms with Crippen LogP contribution in [0, 0.1) is 0 Å². The number of hydrogen-bond acceptors (Lipinski definition) is 5. The number of hydrogen-bond donors (Lipinski definition) is 1. The third-order valence-corrected chi connectivity index (χ3v) is 4.03. The van der Waals surface area contributed by atoms with Gasteiger partial charge in [0.25, 0.3) is 0 Å². The summed E-state index contributed by atoms with van der Waals surface area (Å²) in [6.07, 6.45) is 4.15. The van der Waals surface area contributed by atoms with Crippen molar-refractivity contribution in [1.82, 2.24) is 14.9 Å². The molecule has 0 radical (unpaired) electrons. The lowest BCUT2D eigenvalue weighted by atomic mass is 10.3. The van der Waals surface area contributed by atoms with Gasteiger partial charge in [-0.3, -0.25) is 4.98 Å². The Morgan fingerprint density at radius 2 is 1.90 bits per heavy atom. The van der Waals surface area contributed by atoms with E-state index >= 15 is 0 Å². The van der Waals surface area contributed by atoms with Gasteiger partial charge in [0.2, 0.25) is 0 Å². The van der Waals surface area contributed by atoms with E-state index in [4.69, 9.17) is 10.7 Å². The summed E-state index contributed by atoms with van der Waals surface area (Å²) in [5, 5.41) is 0. The summed E-state index contributed by atoms with van der Waals surface area (Å²) >= 11 is 0. The van der Waals surface area contributed by atoms with Crippen molar-refractivity contribution in [2.24, 2.45) is 5.73 Å². The number of rotatable bonds is 4. The zero-order valence-corrected chi connectivity index (χ0v) is 12.4. The summed E-state index contributed by atoms with van der Waals surface area (Å²) in [7, 11) is 0. The summed E-state index contributed by atoms with van der Waals surface area (Å²) in [5.41, 5.74) is 7.53. The van der Waals surface area contributed by atoms with Gasteiger partial charge in [-0.2, -0.15) is 0 Å². The maximum absolute atomic E-state index is 5.60. The fraction of sp³-hybridized carbons (Fsp3) is 0.500. The van der Waals surface area contributed by atoms with Crippen LogP contribution in [0.15, 0.2) is 30.5 Å². The van der Waals surface area contributed by atoms with Crippen molar-refractivity contribution < 1.29 is 0 Å². The van der Waals surface area contributed by atoms with Crippen molar-refractivity contribution >= 4 is 16.9 Å². The average molecular weight is 285 g/mol. The molecule has 1 aliphatic rings. The number of anilines is 1. The molecule has 1 fully saturated rings. The summed E-state index contributed by atoms with van der Waals surface area (Å²) in [5.74, 6) is 0.995. The third-order valence-electron chi connectivity index (χ3n) is 4.03. The predicted molar refractivity (Wildman–Crippen MR) is 86.5 cm³/mol. The van der Waals surface area contributed by atoms with Gasteiger partial charge in [-0.1, -0.05) is 12.1 Å². The van der Waals surface area contributed by atoms with Gasteiger partial charge >= 0.3 is 0 Å². The Hall–Kier alpha value is -1.72. The van der Waals surface area contributed by atoms with Gasteiger partial charge < -0.3 is 15.5 Å². The van der Waals surface area contributed by atoms with Crippen molar-refractivity contribution in [2.45, 2.75) is 12.8 Å². The van der Waals surface area contributed by atoms with E-state index in [0.717, 1.165) is 62.5 Å². The van der Waals surface area contributed by atoms with Crippen LogP contribution in [-0.4, -0.2) is 54.1 Å². The number of nitrogens with two attached hydrogens (primary N) is 1. The van der Waals surface area contributed by atoms with Crippen LogP contribution in [0.1, 0.15) is 12.8 Å². The molecule has 1 aromatic heterocycles. The molecule has 2 heterocycles. The molecule has 0 amide bonds. The minimum Gasteiger partial charge on any atom is -0.354 e. The first kappa shape index (κ1) is 14.2. The largest absolute Gasteiger partial charge is 0.354 e. The Bertz CT molecular complexity index is 586. The Kier molecular flexibility index (Phi) is 4.62. The highest BCUT2D eigenvalue weighted by Crippen LogP contribution is 2.17. The van der Waals surface area contributed by atoms with Gasteiger partial charge in [0.15, 0.2) is 0 Å². The molecule has 1 saturated heterocycles. The molecule has 21 heavy (non-hydrogen) atoms. The maximum atomic E-state index is 5.60. The number of para-hydroxylation sites is 2. The third kappa shape index (κ3) is 3.49. The van der Waals surface area contributed by atoms with Gasteiger partial charge in [0.05, 0.1) is 17.2 Å². The second kappa shape index (κ2) is 6.83. The van der Waals surface area contributed by atoms with E-state index in [1.807, 2.05) is 30.5 Å². The lowest BCUT2D eigenvalue weighted by Crippen LogP contribution is -2.32. The topological polar surface area (TPSA) is 58.3 Å². The second-order valence-corrected chi connectivity index (χ2v) is 5.54. The molecular formula is C16H23N5. The Labute approximate surface area is 125 Å². The molecule has 112 valence electrons. The molecule has 0 saturated carbocycles. The zero-order chi connectivity index (χ0) is 14.5. The van der Waals surface area contributed by atoms with Gasteiger partial charge in [-0.25, -0.2) is 4.98 Å². The normalized spacial score (nSPS) is 17.1. The van der Waals surface area contributed by atoms with Crippen LogP contribution in [0.2, 0.25) is 0 Å². The molecule has 5 nitrogen and oxygen atoms in total. The minimum absolute atomic E-state index is 0.774. The quantitative estimate of drug-likeness (QED) is 0.922. The van der Waals surface area contributed by atoms with Crippen LogP contribution in [0.5, 0.6) is 0 Å². The number of benzene rings is 1. The molecule has 0 aliphatic carbocycles. The van der Waals surface area contributed by atoms with E-state index in [2.05, 4.69) is 14.8 Å². The molecule has 0 spiro atoms. The van der Waals surface area contributed by atoms with Crippen LogP contribution < -0.4 is 10.6 Å². The number of aromatic nitrogens is 2. The minimum atomic E-state index is 0.774. The van der Waals surface area contributed by atoms with Gasteiger partial charge in [-0.05, 0) is 44.6 Å². The molecule has 0 unspecified atom stereocenters. The number of nitrogens with zero attached hydrogens (tertiary/aromatic N) is 4. The first-order valence-corrected chi connectivity index (χ1v) is 7.76. The predicted octanol–water partition coefficient (Wildman–Crippen LogP) is 1.49. The monoisotopic (exact) mass is 285 g/mol. The van der Waals surface area contributed by atoms with Gasteiger partial charge in [0, 0.05) is 19.6 Å². The molecule has 2 aromatic rings. The van der Waals surface area contributed by atoms with Crippen molar-refractivity contribution in [3.8, 4) is 0 Å². The van der Waals surface area contributed by atoms with Crippen molar-refractivity contribution in [2.75, 3.05) is 44.2 Å². The molecule has 3 rings (SSSR count). The molecule has 1 aromatic carbocycles. The van der Waals surface area contributed by atoms with Crippen LogP contribution >= 0.6 is 0 Å². The highest BCUT2D eigenvalue weighted by atomic mass is 15.2. The maximum Gasteiger partial charge on any atom is 0.147 e. The van der Waals surface area contributed by atoms with Crippen molar-refractivity contribution in [3.63, 3.8) is 0 Å². The lowest BCUT2D eigenvalue weighted by Gasteiger charge is -2.22. The van der Waals surface area contributed by atoms with E-state index in [0.29, 0.717) is 0 Å². The van der Waals surface area contributed by atoms with Gasteiger partial charge in [0.1, 0.15) is 5.82 Å². The van der Waals surface area contributed by atoms with Crippen molar-refractivity contribution in [3.05, 3.63) is 30.5 Å². The molecule has 2 N–H and O–H groups in total. The second-order valence-electron chi connectivity index (χ2n) is 5.54. The van der Waals surface area contributed by atoms with Crippen LogP contribution in [0.3, 0.4) is 0 Å². The Morgan fingerprint density at radius 3 is 2.76 bits per heavy atom. The Morgan fingerprint density at radius 1 is 1.05 bits per heavy atom.